The Morgan fingerprint density at radius 3 is 1.63 bits per heavy atom. The van der Waals surface area contributed by atoms with Crippen molar-refractivity contribution in [1.82, 2.24) is 16.0 Å². The van der Waals surface area contributed by atoms with Gasteiger partial charge in [-0.3, -0.25) is 19.2 Å². The zero-order valence-corrected chi connectivity index (χ0v) is 50.6. The van der Waals surface area contributed by atoms with Gasteiger partial charge in [-0.25, -0.2) is 9.59 Å². The molecule has 89 heavy (non-hydrogen) atoms. The predicted octanol–water partition coefficient (Wildman–Crippen LogP) is -5.33. The van der Waals surface area contributed by atoms with Crippen LogP contribution < -0.4 is 16.0 Å². The zero-order valence-electron chi connectivity index (χ0n) is 50.6. The maximum absolute atomic E-state index is 13.5. The summed E-state index contributed by atoms with van der Waals surface area (Å²) in [4.78, 5) is 75.0. The lowest BCUT2D eigenvalue weighted by Gasteiger charge is -2.51. The van der Waals surface area contributed by atoms with Crippen LogP contribution in [-0.4, -0.2) is 291 Å². The molecule has 4 saturated heterocycles. The van der Waals surface area contributed by atoms with E-state index in [1.807, 2.05) is 0 Å². The fourth-order valence-corrected chi connectivity index (χ4v) is 11.1. The van der Waals surface area contributed by atoms with E-state index in [0.717, 1.165) is 46.5 Å². The molecule has 33 nitrogen and oxygen atoms in total. The van der Waals surface area contributed by atoms with Gasteiger partial charge >= 0.3 is 17.9 Å². The summed E-state index contributed by atoms with van der Waals surface area (Å²) in [6, 6.07) is -4.78. The summed E-state index contributed by atoms with van der Waals surface area (Å²) in [5.74, 6) is -14.3. The first-order valence-corrected chi connectivity index (χ1v) is 30.0. The number of nitrogens with one attached hydrogen (secondary N) is 3. The smallest absolute Gasteiger partial charge is 0.364 e. The van der Waals surface area contributed by atoms with Crippen molar-refractivity contribution in [2.24, 2.45) is 0 Å². The zero-order chi connectivity index (χ0) is 66.5. The number of unbranched alkanes of at least 4 members (excludes halogenated alkanes) is 11. The largest absolute Gasteiger partial charge is 0.477 e. The van der Waals surface area contributed by atoms with Crippen molar-refractivity contribution < 1.29 is 148 Å². The summed E-state index contributed by atoms with van der Waals surface area (Å²) in [6.07, 6.45) is -26.2. The number of hydrogen-bond donors (Lipinski definition) is 18. The Hall–Kier alpha value is -4.28. The Labute approximate surface area is 514 Å². The molecule has 4 aliphatic rings. The molecule has 18 N–H and O–H groups in total. The monoisotopic (exact) mass is 1290 g/mol. The molecule has 0 aromatic heterocycles. The number of esters is 1. The summed E-state index contributed by atoms with van der Waals surface area (Å²) in [7, 11) is 0. The second-order valence-corrected chi connectivity index (χ2v) is 22.9. The number of aliphatic hydroxyl groups excluding tert-OH is 13. The fourth-order valence-electron chi connectivity index (χ4n) is 11.1. The van der Waals surface area contributed by atoms with Crippen molar-refractivity contribution in [2.75, 3.05) is 33.0 Å². The number of carboxylic acids is 2. The minimum atomic E-state index is -3.40. The summed E-state index contributed by atoms with van der Waals surface area (Å²) in [6.45, 7) is 1.16. The first-order chi connectivity index (χ1) is 42.0. The molecule has 4 rings (SSSR count). The Morgan fingerprint density at radius 1 is 0.607 bits per heavy atom. The molecule has 0 aromatic carbocycles. The van der Waals surface area contributed by atoms with Gasteiger partial charge in [0.2, 0.25) is 17.7 Å². The van der Waals surface area contributed by atoms with Gasteiger partial charge < -0.3 is 135 Å². The Balaban J connectivity index is 1.54. The lowest BCUT2D eigenvalue weighted by Crippen LogP contribution is -2.72. The molecule has 0 aliphatic carbocycles. The third-order valence-corrected chi connectivity index (χ3v) is 15.8. The quantitative estimate of drug-likeness (QED) is 0.0157. The third-order valence-electron chi connectivity index (χ3n) is 15.8. The molecule has 0 aromatic rings. The van der Waals surface area contributed by atoms with Crippen LogP contribution in [0.15, 0.2) is 12.2 Å². The van der Waals surface area contributed by atoms with Crippen LogP contribution in [-0.2, 0) is 71.4 Å². The van der Waals surface area contributed by atoms with Crippen molar-refractivity contribution >= 4 is 35.6 Å². The van der Waals surface area contributed by atoms with Crippen LogP contribution in [0.1, 0.15) is 125 Å². The number of aliphatic hydroxyl groups is 13. The SMILES string of the molecule is CCCCCCCCCCCCC/C=C/[C@@H](O)[C@H](CO[C@@H]1O[C@H](CO)[C@@H](O[C@@H]2O[C@H](CO)[C@H](O)[C@H](O[C@]3(C(=O)O)C[C@H](O)[C@@H](NC(C)=O)[C@H]([C@H](O)[C@@H](CO)O[C@]4(C(=O)O)C[C@H](O)[C@@H](NC(C)=O)[C@H]([C@H](O)[C@H](O)COC(C)=O)O4)O3)[C@H]2O)[C@H](O)[C@H]1O)NC(C)=O. The van der Waals surface area contributed by atoms with Crippen LogP contribution in [0.5, 0.6) is 0 Å². The highest BCUT2D eigenvalue weighted by Crippen LogP contribution is 2.41. The molecule has 0 saturated carbocycles. The number of carbonyl (C=O) groups is 6. The van der Waals surface area contributed by atoms with E-state index in [9.17, 15) is 105 Å². The average molecular weight is 1290 g/mol. The summed E-state index contributed by atoms with van der Waals surface area (Å²) in [5.41, 5.74) is 0. The summed E-state index contributed by atoms with van der Waals surface area (Å²) >= 11 is 0. The molecule has 33 heteroatoms. The predicted molar refractivity (Wildman–Crippen MR) is 299 cm³/mol. The number of amides is 3. The van der Waals surface area contributed by atoms with E-state index in [-0.39, 0.29) is 0 Å². The van der Waals surface area contributed by atoms with Crippen LogP contribution in [0.3, 0.4) is 0 Å². The van der Waals surface area contributed by atoms with Gasteiger partial charge in [0.05, 0.1) is 62.9 Å². The lowest BCUT2D eigenvalue weighted by atomic mass is 9.87. The molecular formula is C56H95N3O30. The molecule has 0 bridgehead atoms. The number of allylic oxidation sites excluding steroid dienone is 1. The minimum Gasteiger partial charge on any atom is -0.477 e. The highest BCUT2D eigenvalue weighted by molar-refractivity contribution is 5.77. The van der Waals surface area contributed by atoms with Gasteiger partial charge in [-0.1, -0.05) is 83.3 Å². The molecule has 4 heterocycles. The van der Waals surface area contributed by atoms with E-state index in [0.29, 0.717) is 6.42 Å². The molecule has 3 amide bonds. The Bertz CT molecular complexity index is 2240. The van der Waals surface area contributed by atoms with Crippen molar-refractivity contribution in [2.45, 2.75) is 271 Å². The van der Waals surface area contributed by atoms with Crippen molar-refractivity contribution in [3.05, 3.63) is 12.2 Å². The number of aliphatic carboxylic acids is 2. The average Bonchev–Trinajstić information content (AvgIpc) is 1.03. The Kier molecular flexibility index (Phi) is 31.9. The van der Waals surface area contributed by atoms with Gasteiger partial charge in [0, 0.05) is 40.5 Å². The van der Waals surface area contributed by atoms with Crippen molar-refractivity contribution in [3.8, 4) is 0 Å². The molecule has 514 valence electrons. The molecule has 0 spiro atoms. The van der Waals surface area contributed by atoms with Gasteiger partial charge in [0.1, 0.15) is 92.1 Å². The van der Waals surface area contributed by atoms with Crippen LogP contribution >= 0.6 is 0 Å². The summed E-state index contributed by atoms with van der Waals surface area (Å²) < 4.78 is 50.6. The van der Waals surface area contributed by atoms with Gasteiger partial charge in [-0.2, -0.15) is 0 Å². The number of ether oxygens (including phenoxy) is 9. The normalized spacial score (nSPS) is 34.5. The topological polar surface area (TPSA) is 525 Å². The van der Waals surface area contributed by atoms with Crippen molar-refractivity contribution in [1.29, 1.82) is 0 Å². The Morgan fingerprint density at radius 2 is 1.12 bits per heavy atom. The lowest BCUT2D eigenvalue weighted by molar-refractivity contribution is -0.388. The molecule has 0 unspecified atom stereocenters. The first-order valence-electron chi connectivity index (χ1n) is 30.0. The maximum atomic E-state index is 13.5. The number of carbonyl (C=O) groups excluding carboxylic acids is 4. The van der Waals surface area contributed by atoms with Crippen LogP contribution in [0.4, 0.5) is 0 Å². The van der Waals surface area contributed by atoms with E-state index in [2.05, 4.69) is 22.9 Å². The van der Waals surface area contributed by atoms with Crippen LogP contribution in [0.2, 0.25) is 0 Å². The summed E-state index contributed by atoms with van der Waals surface area (Å²) in [5, 5.41) is 174. The van der Waals surface area contributed by atoms with E-state index in [1.165, 1.54) is 57.9 Å². The van der Waals surface area contributed by atoms with E-state index in [1.54, 1.807) is 6.08 Å². The second kappa shape index (κ2) is 36.8. The standard InChI is InChI=1S/C56H95N3O30/c1-6-7-8-9-10-11-12-13-14-15-16-17-18-19-32(67)31(57-27(2)63)25-82-51-45(75)44(74)47(38(24-62)84-51)85-52-46(76)50(42(72)36(22-60)83-52)89-56(54(79)80)21-34(69)40(59-29(4)65)49(88-56)43(73)37(23-61)86-55(53(77)78)20-33(68)39(58-28(3)64)48(87-55)41(71)35(70)26-81-30(5)66/h18-19,31-52,60-62,67-76H,6-17,20-26H2,1-5H3,(H,57,63)(H,58,64)(H,59,65)(H,77,78)(H,79,80)/b19-18+/t31-,32+,33-,34-,35+,36+,37+,38+,39+,40+,41+,42-,43+,44+,45+,46+,47+,48+,49+,50-,51+,52-,55+,56-/m0/s1. The second-order valence-electron chi connectivity index (χ2n) is 22.9. The number of carboxylic acid groups (broad SMARTS) is 2. The highest BCUT2D eigenvalue weighted by Gasteiger charge is 2.62. The van der Waals surface area contributed by atoms with Gasteiger partial charge in [0.25, 0.3) is 11.6 Å². The third kappa shape index (κ3) is 21.6. The highest BCUT2D eigenvalue weighted by atomic mass is 16.8. The molecule has 4 fully saturated rings. The van der Waals surface area contributed by atoms with Crippen LogP contribution in [0.25, 0.3) is 0 Å². The van der Waals surface area contributed by atoms with E-state index >= 15 is 0 Å². The molecule has 0 radical (unpaired) electrons. The fraction of sp³-hybridized carbons (Fsp3) is 0.857. The van der Waals surface area contributed by atoms with E-state index < -0.39 is 228 Å². The van der Waals surface area contributed by atoms with Gasteiger partial charge in [-0.15, -0.1) is 0 Å². The van der Waals surface area contributed by atoms with Crippen molar-refractivity contribution in [3.63, 3.8) is 0 Å². The van der Waals surface area contributed by atoms with Gasteiger partial charge in [-0.05, 0) is 12.8 Å². The minimum absolute atomic E-state index is 0.512. The maximum Gasteiger partial charge on any atom is 0.364 e. The van der Waals surface area contributed by atoms with Crippen LogP contribution in [0, 0.1) is 0 Å². The number of rotatable bonds is 37. The van der Waals surface area contributed by atoms with Gasteiger partial charge in [0.15, 0.2) is 12.6 Å². The number of hydrogen-bond acceptors (Lipinski definition) is 28. The molecule has 24 atom stereocenters. The van der Waals surface area contributed by atoms with E-state index in [4.69, 9.17) is 42.6 Å². The first kappa shape index (κ1) is 77.2. The molecule has 4 aliphatic heterocycles. The molecular weight excluding hydrogens is 1190 g/mol.